The van der Waals surface area contributed by atoms with Gasteiger partial charge in [-0.2, -0.15) is 4.31 Å². The molecule has 0 radical (unpaired) electrons. The molecule has 0 spiro atoms. The van der Waals surface area contributed by atoms with Crippen molar-refractivity contribution in [3.8, 4) is 0 Å². The van der Waals surface area contributed by atoms with Gasteiger partial charge in [-0.25, -0.2) is 8.42 Å². The van der Waals surface area contributed by atoms with Crippen LogP contribution in [0.1, 0.15) is 15.9 Å². The summed E-state index contributed by atoms with van der Waals surface area (Å²) in [6, 6.07) is 24.4. The summed E-state index contributed by atoms with van der Waals surface area (Å²) in [6.45, 7) is 2.78. The van der Waals surface area contributed by atoms with Crippen molar-refractivity contribution in [3.05, 3.63) is 90.0 Å². The van der Waals surface area contributed by atoms with Crippen molar-refractivity contribution in [2.24, 2.45) is 0 Å². The summed E-state index contributed by atoms with van der Waals surface area (Å²) < 4.78 is 28.2. The van der Waals surface area contributed by atoms with E-state index >= 15 is 0 Å². The minimum absolute atomic E-state index is 0.0583. The molecule has 0 saturated carbocycles. The van der Waals surface area contributed by atoms with Crippen molar-refractivity contribution in [3.63, 3.8) is 0 Å². The Labute approximate surface area is 188 Å². The molecule has 6 nitrogen and oxygen atoms in total. The monoisotopic (exact) mass is 447 g/mol. The molecular formula is C25H25N3O3S. The van der Waals surface area contributed by atoms with Gasteiger partial charge >= 0.3 is 0 Å². The summed E-state index contributed by atoms with van der Waals surface area (Å²) in [5.74, 6) is -0.0583. The molecule has 0 unspecified atom stereocenters. The minimum Gasteiger partial charge on any atom is -0.369 e. The number of piperazine rings is 1. The van der Waals surface area contributed by atoms with E-state index in [1.54, 1.807) is 39.5 Å². The fourth-order valence-corrected chi connectivity index (χ4v) is 5.93. The van der Waals surface area contributed by atoms with Gasteiger partial charge < -0.3 is 9.80 Å². The van der Waals surface area contributed by atoms with Crippen molar-refractivity contribution in [2.75, 3.05) is 42.5 Å². The Balaban J connectivity index is 1.32. The zero-order valence-electron chi connectivity index (χ0n) is 17.7. The number of hydrogen-bond donors (Lipinski definition) is 0. The van der Waals surface area contributed by atoms with Crippen LogP contribution in [0.3, 0.4) is 0 Å². The molecule has 1 amide bonds. The first-order chi connectivity index (χ1) is 15.5. The van der Waals surface area contributed by atoms with Gasteiger partial charge in [0.25, 0.3) is 5.91 Å². The van der Waals surface area contributed by atoms with E-state index in [0.29, 0.717) is 49.6 Å². The molecule has 2 heterocycles. The number of nitrogens with zero attached hydrogens (tertiary/aromatic N) is 3. The molecule has 1 fully saturated rings. The summed E-state index contributed by atoms with van der Waals surface area (Å²) >= 11 is 0. The van der Waals surface area contributed by atoms with Gasteiger partial charge in [0.1, 0.15) is 0 Å². The predicted octanol–water partition coefficient (Wildman–Crippen LogP) is 3.40. The van der Waals surface area contributed by atoms with Gasteiger partial charge in [-0.15, -0.1) is 0 Å². The SMILES string of the molecule is O=C(c1ccccc1)N1CCc2cc(S(=O)(=O)N3CCN(c4ccccc4)CC3)ccc21. The number of sulfonamides is 1. The molecule has 1 saturated heterocycles. The zero-order valence-corrected chi connectivity index (χ0v) is 18.5. The Bertz CT molecular complexity index is 1220. The van der Waals surface area contributed by atoms with Gasteiger partial charge in [0, 0.05) is 49.7 Å². The molecule has 0 bridgehead atoms. The van der Waals surface area contributed by atoms with Crippen LogP contribution >= 0.6 is 0 Å². The van der Waals surface area contributed by atoms with E-state index in [4.69, 9.17) is 0 Å². The average Bonchev–Trinajstić information content (AvgIpc) is 3.28. The molecule has 0 aromatic heterocycles. The minimum atomic E-state index is -3.58. The molecule has 5 rings (SSSR count). The topological polar surface area (TPSA) is 60.9 Å². The summed E-state index contributed by atoms with van der Waals surface area (Å²) in [7, 11) is -3.58. The molecule has 0 atom stereocenters. The lowest BCUT2D eigenvalue weighted by Crippen LogP contribution is -2.48. The van der Waals surface area contributed by atoms with Crippen molar-refractivity contribution in [1.82, 2.24) is 4.31 Å². The van der Waals surface area contributed by atoms with Crippen molar-refractivity contribution in [1.29, 1.82) is 0 Å². The lowest BCUT2D eigenvalue weighted by atomic mass is 10.1. The van der Waals surface area contributed by atoms with Crippen LogP contribution in [-0.4, -0.2) is 51.4 Å². The Hall–Kier alpha value is -3.16. The summed E-state index contributed by atoms with van der Waals surface area (Å²) in [6.07, 6.45) is 0.652. The third-order valence-electron chi connectivity index (χ3n) is 6.21. The Morgan fingerprint density at radius 1 is 0.750 bits per heavy atom. The molecule has 3 aromatic rings. The largest absolute Gasteiger partial charge is 0.369 e. The van der Waals surface area contributed by atoms with E-state index in [1.807, 2.05) is 48.5 Å². The number of anilines is 2. The maximum Gasteiger partial charge on any atom is 0.258 e. The number of rotatable bonds is 4. The Kier molecular flexibility index (Phi) is 5.45. The van der Waals surface area contributed by atoms with Crippen molar-refractivity contribution in [2.45, 2.75) is 11.3 Å². The quantitative estimate of drug-likeness (QED) is 0.615. The number of hydrogen-bond acceptors (Lipinski definition) is 4. The van der Waals surface area contributed by atoms with Crippen LogP contribution in [0.2, 0.25) is 0 Å². The highest BCUT2D eigenvalue weighted by Gasteiger charge is 2.31. The maximum absolute atomic E-state index is 13.3. The van der Waals surface area contributed by atoms with Gasteiger partial charge in [-0.3, -0.25) is 4.79 Å². The average molecular weight is 448 g/mol. The molecule has 2 aliphatic heterocycles. The second-order valence-electron chi connectivity index (χ2n) is 8.09. The van der Waals surface area contributed by atoms with Crippen LogP contribution in [0.25, 0.3) is 0 Å². The summed E-state index contributed by atoms with van der Waals surface area (Å²) in [5.41, 5.74) is 3.45. The van der Waals surface area contributed by atoms with E-state index in [-0.39, 0.29) is 5.91 Å². The molecule has 3 aromatic carbocycles. The van der Waals surface area contributed by atoms with Crippen molar-refractivity contribution < 1.29 is 13.2 Å². The van der Waals surface area contributed by atoms with Crippen LogP contribution in [-0.2, 0) is 16.4 Å². The fourth-order valence-electron chi connectivity index (χ4n) is 4.46. The number of para-hydroxylation sites is 1. The molecular weight excluding hydrogens is 422 g/mol. The maximum atomic E-state index is 13.3. The van der Waals surface area contributed by atoms with Gasteiger partial charge in [0.2, 0.25) is 10.0 Å². The second kappa shape index (κ2) is 8.41. The van der Waals surface area contributed by atoms with Gasteiger partial charge in [-0.05, 0) is 54.4 Å². The smallest absolute Gasteiger partial charge is 0.258 e. The van der Waals surface area contributed by atoms with E-state index in [2.05, 4.69) is 4.90 Å². The highest BCUT2D eigenvalue weighted by molar-refractivity contribution is 7.89. The van der Waals surface area contributed by atoms with E-state index in [0.717, 1.165) is 16.9 Å². The van der Waals surface area contributed by atoms with Gasteiger partial charge in [-0.1, -0.05) is 36.4 Å². The number of benzene rings is 3. The first-order valence-corrected chi connectivity index (χ1v) is 12.3. The van der Waals surface area contributed by atoms with Crippen LogP contribution in [0, 0.1) is 0 Å². The number of fused-ring (bicyclic) bond motifs is 1. The highest BCUT2D eigenvalue weighted by atomic mass is 32.2. The van der Waals surface area contributed by atoms with Crippen molar-refractivity contribution >= 4 is 27.3 Å². The van der Waals surface area contributed by atoms with Gasteiger partial charge in [0.15, 0.2) is 0 Å². The van der Waals surface area contributed by atoms with Crippen LogP contribution in [0.4, 0.5) is 11.4 Å². The van der Waals surface area contributed by atoms with Crippen LogP contribution < -0.4 is 9.80 Å². The Morgan fingerprint density at radius 2 is 1.41 bits per heavy atom. The van der Waals surface area contributed by atoms with Gasteiger partial charge in [0.05, 0.1) is 4.90 Å². The van der Waals surface area contributed by atoms with E-state index < -0.39 is 10.0 Å². The highest BCUT2D eigenvalue weighted by Crippen LogP contribution is 2.32. The van der Waals surface area contributed by atoms with Crippen LogP contribution in [0.5, 0.6) is 0 Å². The predicted molar refractivity (Wildman–Crippen MR) is 126 cm³/mol. The summed E-state index contributed by atoms with van der Waals surface area (Å²) in [4.78, 5) is 17.1. The molecule has 7 heteroatoms. The normalized spacial score (nSPS) is 16.8. The summed E-state index contributed by atoms with van der Waals surface area (Å²) in [5, 5.41) is 0. The standard InChI is InChI=1S/C25H25N3O3S/c29-25(20-7-3-1-4-8-20)28-14-13-21-19-23(11-12-24(21)28)32(30,31)27-17-15-26(16-18-27)22-9-5-2-6-10-22/h1-12,19H,13-18H2. The number of carbonyl (C=O) groups is 1. The second-order valence-corrected chi connectivity index (χ2v) is 10.0. The molecule has 32 heavy (non-hydrogen) atoms. The molecule has 2 aliphatic rings. The Morgan fingerprint density at radius 3 is 2.09 bits per heavy atom. The molecule has 0 N–H and O–H groups in total. The fraction of sp³-hybridized carbons (Fsp3) is 0.240. The number of carbonyl (C=O) groups excluding carboxylic acids is 1. The molecule has 164 valence electrons. The third kappa shape index (κ3) is 3.78. The number of amides is 1. The third-order valence-corrected chi connectivity index (χ3v) is 8.10. The van der Waals surface area contributed by atoms with Crippen LogP contribution in [0.15, 0.2) is 83.8 Å². The lowest BCUT2D eigenvalue weighted by Gasteiger charge is -2.35. The first-order valence-electron chi connectivity index (χ1n) is 10.8. The molecule has 0 aliphatic carbocycles. The van der Waals surface area contributed by atoms with E-state index in [1.165, 1.54) is 0 Å². The lowest BCUT2D eigenvalue weighted by molar-refractivity contribution is 0.0989. The first kappa shape index (κ1) is 20.7. The van der Waals surface area contributed by atoms with E-state index in [9.17, 15) is 13.2 Å². The zero-order chi connectivity index (χ0) is 22.1.